The number of benzene rings is 1. The topological polar surface area (TPSA) is 17.8 Å². The number of rotatable bonds is 4. The zero-order chi connectivity index (χ0) is 14.1. The van der Waals surface area contributed by atoms with Crippen LogP contribution >= 0.6 is 22.9 Å². The number of aryl methyl sites for hydroxylation is 2. The van der Waals surface area contributed by atoms with Crippen LogP contribution < -0.4 is 0 Å². The number of alkyl halides is 1. The molecular formula is C15H14ClFN2S. The van der Waals surface area contributed by atoms with E-state index in [-0.39, 0.29) is 11.2 Å². The van der Waals surface area contributed by atoms with E-state index in [4.69, 9.17) is 11.6 Å². The van der Waals surface area contributed by atoms with Crippen molar-refractivity contribution in [2.75, 3.05) is 0 Å². The van der Waals surface area contributed by atoms with Crippen molar-refractivity contribution >= 4 is 34.0 Å². The van der Waals surface area contributed by atoms with E-state index in [0.717, 1.165) is 29.8 Å². The SMILES string of the molecule is CC(Cl)c1nc2ccc(F)cc2n1CCc1ccsc1. The Morgan fingerprint density at radius 1 is 1.40 bits per heavy atom. The Morgan fingerprint density at radius 2 is 2.25 bits per heavy atom. The van der Waals surface area contributed by atoms with E-state index >= 15 is 0 Å². The fourth-order valence-corrected chi connectivity index (χ4v) is 3.20. The molecule has 0 amide bonds. The fourth-order valence-electron chi connectivity index (χ4n) is 2.33. The highest BCUT2D eigenvalue weighted by atomic mass is 35.5. The van der Waals surface area contributed by atoms with Crippen molar-refractivity contribution in [3.63, 3.8) is 0 Å². The lowest BCUT2D eigenvalue weighted by Crippen LogP contribution is -2.06. The number of imidazole rings is 1. The van der Waals surface area contributed by atoms with Crippen LogP contribution in [0.3, 0.4) is 0 Å². The number of aromatic nitrogens is 2. The Labute approximate surface area is 125 Å². The molecule has 0 aliphatic heterocycles. The average Bonchev–Trinajstić information content (AvgIpc) is 3.03. The maximum absolute atomic E-state index is 13.5. The summed E-state index contributed by atoms with van der Waals surface area (Å²) in [6, 6.07) is 6.77. The third kappa shape index (κ3) is 2.58. The minimum absolute atomic E-state index is 0.201. The molecule has 20 heavy (non-hydrogen) atoms. The summed E-state index contributed by atoms with van der Waals surface area (Å²) in [5.41, 5.74) is 2.88. The molecule has 0 fully saturated rings. The van der Waals surface area contributed by atoms with Crippen molar-refractivity contribution in [3.05, 3.63) is 52.2 Å². The molecule has 1 unspecified atom stereocenters. The summed E-state index contributed by atoms with van der Waals surface area (Å²) in [6.07, 6.45) is 0.891. The highest BCUT2D eigenvalue weighted by Gasteiger charge is 2.15. The Kier molecular flexibility index (Phi) is 3.76. The van der Waals surface area contributed by atoms with Gasteiger partial charge in [-0.2, -0.15) is 11.3 Å². The molecular weight excluding hydrogens is 295 g/mol. The summed E-state index contributed by atoms with van der Waals surface area (Å²) in [5, 5.41) is 3.99. The monoisotopic (exact) mass is 308 g/mol. The second-order valence-corrected chi connectivity index (χ2v) is 6.19. The van der Waals surface area contributed by atoms with Crippen molar-refractivity contribution in [1.29, 1.82) is 0 Å². The molecule has 2 nitrogen and oxygen atoms in total. The molecule has 0 bridgehead atoms. The van der Waals surface area contributed by atoms with E-state index in [9.17, 15) is 4.39 Å². The van der Waals surface area contributed by atoms with Gasteiger partial charge in [-0.3, -0.25) is 0 Å². The van der Waals surface area contributed by atoms with Gasteiger partial charge in [0.1, 0.15) is 11.6 Å². The van der Waals surface area contributed by atoms with Crippen molar-refractivity contribution in [2.45, 2.75) is 25.3 Å². The lowest BCUT2D eigenvalue weighted by molar-refractivity contribution is 0.625. The maximum atomic E-state index is 13.5. The van der Waals surface area contributed by atoms with Crippen molar-refractivity contribution in [2.24, 2.45) is 0 Å². The van der Waals surface area contributed by atoms with Crippen LogP contribution in [0.2, 0.25) is 0 Å². The predicted octanol–water partition coefficient (Wildman–Crippen LogP) is 4.78. The molecule has 1 aromatic carbocycles. The van der Waals surface area contributed by atoms with Crippen LogP contribution in [0.4, 0.5) is 4.39 Å². The minimum Gasteiger partial charge on any atom is -0.326 e. The zero-order valence-corrected chi connectivity index (χ0v) is 12.6. The Bertz CT molecular complexity index is 719. The lowest BCUT2D eigenvalue weighted by Gasteiger charge is -2.10. The largest absolute Gasteiger partial charge is 0.326 e. The molecule has 0 saturated carbocycles. The summed E-state index contributed by atoms with van der Waals surface area (Å²) in [6.45, 7) is 2.64. The summed E-state index contributed by atoms with van der Waals surface area (Å²) in [4.78, 5) is 4.52. The summed E-state index contributed by atoms with van der Waals surface area (Å²) < 4.78 is 15.5. The van der Waals surface area contributed by atoms with E-state index in [1.54, 1.807) is 17.4 Å². The summed E-state index contributed by atoms with van der Waals surface area (Å²) in [7, 11) is 0. The van der Waals surface area contributed by atoms with E-state index in [2.05, 4.69) is 21.8 Å². The van der Waals surface area contributed by atoms with Gasteiger partial charge in [-0.15, -0.1) is 11.6 Å². The second kappa shape index (κ2) is 5.54. The van der Waals surface area contributed by atoms with E-state index < -0.39 is 0 Å². The third-order valence-electron chi connectivity index (χ3n) is 3.30. The van der Waals surface area contributed by atoms with Crippen LogP contribution in [0.5, 0.6) is 0 Å². The molecule has 0 N–H and O–H groups in total. The molecule has 1 atom stereocenters. The molecule has 0 saturated heterocycles. The highest BCUT2D eigenvalue weighted by Crippen LogP contribution is 2.25. The third-order valence-corrected chi connectivity index (χ3v) is 4.23. The lowest BCUT2D eigenvalue weighted by atomic mass is 10.2. The molecule has 104 valence electrons. The van der Waals surface area contributed by atoms with Crippen LogP contribution in [0.1, 0.15) is 23.7 Å². The predicted molar refractivity (Wildman–Crippen MR) is 82.0 cm³/mol. The van der Waals surface area contributed by atoms with Gasteiger partial charge < -0.3 is 4.57 Å². The first-order chi connectivity index (χ1) is 9.65. The number of halogens is 2. The summed E-state index contributed by atoms with van der Waals surface area (Å²) >= 11 is 7.89. The quantitative estimate of drug-likeness (QED) is 0.634. The Morgan fingerprint density at radius 3 is 2.95 bits per heavy atom. The normalized spacial score (nSPS) is 12.9. The molecule has 0 aliphatic carbocycles. The van der Waals surface area contributed by atoms with Crippen molar-refractivity contribution < 1.29 is 4.39 Å². The fraction of sp³-hybridized carbons (Fsp3) is 0.267. The van der Waals surface area contributed by atoms with E-state index in [0.29, 0.717) is 0 Å². The molecule has 0 radical (unpaired) electrons. The molecule has 5 heteroatoms. The van der Waals surface area contributed by atoms with Gasteiger partial charge in [0.25, 0.3) is 0 Å². The maximum Gasteiger partial charge on any atom is 0.127 e. The number of nitrogens with zero attached hydrogens (tertiary/aromatic N) is 2. The van der Waals surface area contributed by atoms with Crippen LogP contribution in [0.15, 0.2) is 35.0 Å². The molecule has 3 aromatic rings. The van der Waals surface area contributed by atoms with Gasteiger partial charge in [-0.1, -0.05) is 0 Å². The van der Waals surface area contributed by atoms with Gasteiger partial charge in [0, 0.05) is 6.54 Å². The second-order valence-electron chi connectivity index (χ2n) is 4.75. The van der Waals surface area contributed by atoms with E-state index in [1.165, 1.54) is 17.7 Å². The number of hydrogen-bond acceptors (Lipinski definition) is 2. The number of hydrogen-bond donors (Lipinski definition) is 0. The number of fused-ring (bicyclic) bond motifs is 1. The standard InChI is InChI=1S/C15H14ClFN2S/c1-10(16)15-18-13-3-2-12(17)8-14(13)19(15)6-4-11-5-7-20-9-11/h2-3,5,7-10H,4,6H2,1H3. The molecule has 0 spiro atoms. The Balaban J connectivity index is 2.01. The van der Waals surface area contributed by atoms with Crippen LogP contribution in [0.25, 0.3) is 11.0 Å². The molecule has 0 aliphatic rings. The number of thiophene rings is 1. The molecule has 2 heterocycles. The van der Waals surface area contributed by atoms with Crippen LogP contribution in [-0.2, 0) is 13.0 Å². The van der Waals surface area contributed by atoms with Gasteiger partial charge in [0.05, 0.1) is 16.4 Å². The van der Waals surface area contributed by atoms with Crippen LogP contribution in [0, 0.1) is 5.82 Å². The first-order valence-electron chi connectivity index (χ1n) is 6.46. The Hall–Kier alpha value is -1.39. The van der Waals surface area contributed by atoms with Gasteiger partial charge >= 0.3 is 0 Å². The van der Waals surface area contributed by atoms with Gasteiger partial charge in [0.15, 0.2) is 0 Å². The van der Waals surface area contributed by atoms with Crippen molar-refractivity contribution in [3.8, 4) is 0 Å². The smallest absolute Gasteiger partial charge is 0.127 e. The molecule has 2 aromatic heterocycles. The van der Waals surface area contributed by atoms with Gasteiger partial charge in [-0.05, 0) is 53.9 Å². The van der Waals surface area contributed by atoms with Gasteiger partial charge in [0.2, 0.25) is 0 Å². The van der Waals surface area contributed by atoms with Crippen molar-refractivity contribution in [1.82, 2.24) is 9.55 Å². The van der Waals surface area contributed by atoms with E-state index in [1.807, 2.05) is 11.5 Å². The van der Waals surface area contributed by atoms with Crippen LogP contribution in [-0.4, -0.2) is 9.55 Å². The molecule has 3 rings (SSSR count). The summed E-state index contributed by atoms with van der Waals surface area (Å²) in [5.74, 6) is 0.547. The highest BCUT2D eigenvalue weighted by molar-refractivity contribution is 7.07. The first-order valence-corrected chi connectivity index (χ1v) is 7.84. The minimum atomic E-state index is -0.247. The zero-order valence-electron chi connectivity index (χ0n) is 11.0. The first kappa shape index (κ1) is 13.6. The van der Waals surface area contributed by atoms with Gasteiger partial charge in [-0.25, -0.2) is 9.37 Å². The average molecular weight is 309 g/mol.